The molecule has 2 aromatic heterocycles. The highest BCUT2D eigenvalue weighted by Crippen LogP contribution is 2.47. The van der Waals surface area contributed by atoms with Crippen LogP contribution in [0.15, 0.2) is 48.8 Å². The number of alkyl halides is 4. The molecule has 2 saturated heterocycles. The normalized spacial score (nSPS) is 25.7. The number of aromatic nitrogens is 3. The van der Waals surface area contributed by atoms with Crippen LogP contribution in [-0.2, 0) is 4.79 Å². The van der Waals surface area contributed by atoms with Crippen molar-refractivity contribution in [3.63, 3.8) is 0 Å². The molecule has 2 aliphatic heterocycles. The topological polar surface area (TPSA) is 80.1 Å². The molecule has 0 saturated carbocycles. The van der Waals surface area contributed by atoms with Gasteiger partial charge in [-0.3, -0.25) is 14.6 Å². The number of carbonyl (C=O) groups excluding carboxylic acids is 2. The summed E-state index contributed by atoms with van der Waals surface area (Å²) in [6.45, 7) is 1.64. The van der Waals surface area contributed by atoms with E-state index in [0.717, 1.165) is 19.1 Å². The lowest BCUT2D eigenvalue weighted by atomic mass is 9.80. The Labute approximate surface area is 208 Å². The Balaban J connectivity index is 1.45. The molecule has 0 radical (unpaired) electrons. The highest BCUT2D eigenvalue weighted by Gasteiger charge is 2.55. The number of halogens is 4. The van der Waals surface area contributed by atoms with Crippen molar-refractivity contribution in [2.75, 3.05) is 18.8 Å². The largest absolute Gasteiger partial charge is 0.400 e. The van der Waals surface area contributed by atoms with E-state index in [-0.39, 0.29) is 28.1 Å². The molecule has 2 unspecified atom stereocenters. The smallest absolute Gasteiger partial charge is 0.341 e. The highest BCUT2D eigenvalue weighted by molar-refractivity contribution is 8.01. The van der Waals surface area contributed by atoms with Gasteiger partial charge in [0.05, 0.1) is 22.0 Å². The van der Waals surface area contributed by atoms with E-state index in [4.69, 9.17) is 0 Å². The summed E-state index contributed by atoms with van der Waals surface area (Å²) in [5.41, 5.74) is -1.43. The summed E-state index contributed by atoms with van der Waals surface area (Å²) in [5.74, 6) is 0.0480. The number of likely N-dealkylation sites (tertiary alicyclic amines) is 1. The minimum Gasteiger partial charge on any atom is -0.341 e. The number of hydrogen-bond donors (Lipinski definition) is 1. The summed E-state index contributed by atoms with van der Waals surface area (Å²) in [5, 5.41) is 7.39. The standard InChI is InChI=1S/C24H23F4N5O2S/c1-22(24(26,27)28)5-2-16(12-19(22)25)33-18(15-3-8-29-9-4-15)13-17(31-33)21(35)32-10-6-23(7-11-32)30-20(34)14-36-23/h2-5,8-9,12-13,19H,6-7,10-11,14H2,1H3,(H,30,34). The van der Waals surface area contributed by atoms with Gasteiger partial charge >= 0.3 is 6.18 Å². The lowest BCUT2D eigenvalue weighted by Crippen LogP contribution is -2.50. The van der Waals surface area contributed by atoms with Crippen LogP contribution in [0.25, 0.3) is 17.0 Å². The Morgan fingerprint density at radius 1 is 1.22 bits per heavy atom. The van der Waals surface area contributed by atoms with Crippen molar-refractivity contribution in [2.24, 2.45) is 5.41 Å². The molecule has 2 atom stereocenters. The second-order valence-electron chi connectivity index (χ2n) is 9.29. The Hall–Kier alpha value is -3.15. The average molecular weight is 522 g/mol. The van der Waals surface area contributed by atoms with E-state index >= 15 is 0 Å². The van der Waals surface area contributed by atoms with Crippen molar-refractivity contribution in [1.29, 1.82) is 0 Å². The van der Waals surface area contributed by atoms with Crippen molar-refractivity contribution in [1.82, 2.24) is 25.0 Å². The molecule has 2 fully saturated rings. The first kappa shape index (κ1) is 24.5. The summed E-state index contributed by atoms with van der Waals surface area (Å²) >= 11 is 1.55. The van der Waals surface area contributed by atoms with E-state index in [9.17, 15) is 27.2 Å². The highest BCUT2D eigenvalue weighted by atomic mass is 32.2. The van der Waals surface area contributed by atoms with Gasteiger partial charge in [0.25, 0.3) is 5.91 Å². The van der Waals surface area contributed by atoms with Gasteiger partial charge in [-0.1, -0.05) is 6.08 Å². The van der Waals surface area contributed by atoms with E-state index in [1.807, 2.05) is 0 Å². The first-order valence-electron chi connectivity index (χ1n) is 11.4. The maximum Gasteiger partial charge on any atom is 0.400 e. The van der Waals surface area contributed by atoms with Crippen LogP contribution in [-0.4, -0.2) is 67.5 Å². The van der Waals surface area contributed by atoms with Crippen LogP contribution in [0, 0.1) is 5.41 Å². The van der Waals surface area contributed by atoms with Crippen LogP contribution in [0.2, 0.25) is 0 Å². The SMILES string of the molecule is CC1(C(F)(F)F)C=CC(n2nc(C(=O)N3CCC4(CC3)NC(=O)CS4)cc2-c2ccncc2)=CC1F. The van der Waals surface area contributed by atoms with Gasteiger partial charge in [0.2, 0.25) is 5.91 Å². The van der Waals surface area contributed by atoms with Crippen molar-refractivity contribution in [3.8, 4) is 11.3 Å². The number of amides is 2. The predicted molar refractivity (Wildman–Crippen MR) is 126 cm³/mol. The number of nitrogens with zero attached hydrogens (tertiary/aromatic N) is 4. The Morgan fingerprint density at radius 3 is 2.50 bits per heavy atom. The van der Waals surface area contributed by atoms with Crippen molar-refractivity contribution in [3.05, 3.63) is 54.5 Å². The molecule has 1 spiro atoms. The van der Waals surface area contributed by atoms with Crippen LogP contribution < -0.4 is 5.32 Å². The molecule has 2 aromatic rings. The molecule has 3 aliphatic rings. The molecule has 1 N–H and O–H groups in total. The minimum atomic E-state index is -4.77. The van der Waals surface area contributed by atoms with E-state index < -0.39 is 17.8 Å². The summed E-state index contributed by atoms with van der Waals surface area (Å²) in [6.07, 6.45) is 0.0245. The fraction of sp³-hybridized carbons (Fsp3) is 0.417. The third-order valence-corrected chi connectivity index (χ3v) is 8.42. The monoisotopic (exact) mass is 521 g/mol. The molecule has 1 aliphatic carbocycles. The van der Waals surface area contributed by atoms with E-state index in [0.29, 0.717) is 42.9 Å². The molecule has 4 heterocycles. The Bertz CT molecular complexity index is 1250. The Morgan fingerprint density at radius 2 is 1.92 bits per heavy atom. The van der Waals surface area contributed by atoms with Crippen LogP contribution in [0.3, 0.4) is 0 Å². The zero-order valence-electron chi connectivity index (χ0n) is 19.3. The number of rotatable bonds is 3. The summed E-state index contributed by atoms with van der Waals surface area (Å²) < 4.78 is 56.5. The number of thioether (sulfide) groups is 1. The minimum absolute atomic E-state index is 0.0119. The number of pyridine rings is 1. The number of nitrogens with one attached hydrogen (secondary N) is 1. The van der Waals surface area contributed by atoms with Gasteiger partial charge in [0.1, 0.15) is 11.6 Å². The zero-order chi connectivity index (χ0) is 25.7. The number of piperidine rings is 1. The van der Waals surface area contributed by atoms with Gasteiger partial charge in [-0.25, -0.2) is 9.07 Å². The maximum absolute atomic E-state index is 14.8. The first-order valence-corrected chi connectivity index (χ1v) is 12.4. The van der Waals surface area contributed by atoms with Gasteiger partial charge in [0, 0.05) is 31.0 Å². The molecule has 0 aromatic carbocycles. The molecule has 36 heavy (non-hydrogen) atoms. The quantitative estimate of drug-likeness (QED) is 0.617. The van der Waals surface area contributed by atoms with Gasteiger partial charge in [-0.15, -0.1) is 11.8 Å². The molecule has 7 nitrogen and oxygen atoms in total. The summed E-state index contributed by atoms with van der Waals surface area (Å²) in [7, 11) is 0. The zero-order valence-corrected chi connectivity index (χ0v) is 20.1. The molecular formula is C24H23F4N5O2S. The van der Waals surface area contributed by atoms with Crippen molar-refractivity contribution < 1.29 is 27.2 Å². The Kier molecular flexibility index (Phi) is 5.97. The lowest BCUT2D eigenvalue weighted by Gasteiger charge is -2.38. The summed E-state index contributed by atoms with van der Waals surface area (Å²) in [4.78, 5) is 30.3. The van der Waals surface area contributed by atoms with Crippen molar-refractivity contribution >= 4 is 29.3 Å². The molecule has 5 rings (SSSR count). The van der Waals surface area contributed by atoms with Gasteiger partial charge < -0.3 is 10.2 Å². The maximum atomic E-state index is 14.8. The van der Waals surface area contributed by atoms with E-state index in [1.165, 1.54) is 23.2 Å². The van der Waals surface area contributed by atoms with Gasteiger partial charge in [-0.05, 0) is 50.1 Å². The van der Waals surface area contributed by atoms with Gasteiger partial charge in [-0.2, -0.15) is 18.3 Å². The average Bonchev–Trinajstić information content (AvgIpc) is 3.45. The van der Waals surface area contributed by atoms with Crippen LogP contribution in [0.1, 0.15) is 30.3 Å². The van der Waals surface area contributed by atoms with Crippen LogP contribution in [0.4, 0.5) is 17.6 Å². The second-order valence-corrected chi connectivity index (χ2v) is 10.7. The van der Waals surface area contributed by atoms with Crippen LogP contribution in [0.5, 0.6) is 0 Å². The fourth-order valence-corrected chi connectivity index (χ4v) is 5.70. The van der Waals surface area contributed by atoms with Crippen molar-refractivity contribution in [2.45, 2.75) is 37.0 Å². The fourth-order valence-electron chi connectivity index (χ4n) is 4.56. The molecule has 190 valence electrons. The second kappa shape index (κ2) is 8.75. The third kappa shape index (κ3) is 4.21. The number of hydrogen-bond acceptors (Lipinski definition) is 5. The lowest BCUT2D eigenvalue weighted by molar-refractivity contribution is -0.213. The third-order valence-electron chi connectivity index (χ3n) is 6.96. The van der Waals surface area contributed by atoms with E-state index in [2.05, 4.69) is 15.4 Å². The number of carbonyl (C=O) groups is 2. The van der Waals surface area contributed by atoms with Gasteiger partial charge in [0.15, 0.2) is 5.69 Å². The number of allylic oxidation sites excluding steroid dienone is 4. The molecule has 0 bridgehead atoms. The van der Waals surface area contributed by atoms with Crippen LogP contribution >= 0.6 is 11.8 Å². The molecular weight excluding hydrogens is 498 g/mol. The molecule has 12 heteroatoms. The summed E-state index contributed by atoms with van der Waals surface area (Å²) in [6, 6.07) is 4.90. The first-order chi connectivity index (χ1) is 17.0. The van der Waals surface area contributed by atoms with E-state index in [1.54, 1.807) is 34.9 Å². The molecule has 2 amide bonds. The predicted octanol–water partition coefficient (Wildman–Crippen LogP) is 4.06.